The average Bonchev–Trinajstić information content (AvgIpc) is 2.47. The van der Waals surface area contributed by atoms with Gasteiger partial charge in [-0.2, -0.15) is 0 Å². The number of esters is 1. The molecule has 0 fully saturated rings. The molecule has 0 spiro atoms. The van der Waals surface area contributed by atoms with Crippen LogP contribution in [-0.2, 0) is 16.0 Å². The first-order valence-corrected chi connectivity index (χ1v) is 7.78. The SMILES string of the molecule is NCCCCCCC(=O)OC1CCCc2ccccc21. The standard InChI is InChI=1S/C17H25NO2/c18-13-6-2-1-3-12-17(19)20-16-11-7-9-14-8-4-5-10-15(14)16/h4-5,8,10,16H,1-3,6-7,9,11-13,18H2. The molecule has 2 N–H and O–H groups in total. The molecule has 1 aliphatic rings. The third-order valence-corrected chi connectivity index (χ3v) is 3.92. The van der Waals surface area contributed by atoms with Gasteiger partial charge in [0.2, 0.25) is 0 Å². The zero-order chi connectivity index (χ0) is 14.2. The van der Waals surface area contributed by atoms with Gasteiger partial charge in [-0.25, -0.2) is 0 Å². The van der Waals surface area contributed by atoms with Crippen molar-refractivity contribution in [1.29, 1.82) is 0 Å². The summed E-state index contributed by atoms with van der Waals surface area (Å²) in [4.78, 5) is 11.9. The van der Waals surface area contributed by atoms with Gasteiger partial charge in [-0.05, 0) is 49.8 Å². The molecule has 1 atom stereocenters. The van der Waals surface area contributed by atoms with Crippen molar-refractivity contribution in [2.24, 2.45) is 5.73 Å². The van der Waals surface area contributed by atoms with E-state index in [4.69, 9.17) is 10.5 Å². The van der Waals surface area contributed by atoms with E-state index in [-0.39, 0.29) is 12.1 Å². The van der Waals surface area contributed by atoms with E-state index >= 15 is 0 Å². The number of carbonyl (C=O) groups is 1. The van der Waals surface area contributed by atoms with E-state index in [1.54, 1.807) is 0 Å². The normalized spacial score (nSPS) is 17.6. The van der Waals surface area contributed by atoms with E-state index in [1.165, 1.54) is 11.1 Å². The molecule has 0 saturated carbocycles. The third-order valence-electron chi connectivity index (χ3n) is 3.92. The molecule has 0 heterocycles. The molecular weight excluding hydrogens is 250 g/mol. The summed E-state index contributed by atoms with van der Waals surface area (Å²) >= 11 is 0. The van der Waals surface area contributed by atoms with Gasteiger partial charge in [-0.1, -0.05) is 37.1 Å². The summed E-state index contributed by atoms with van der Waals surface area (Å²) in [5, 5.41) is 0. The number of unbranched alkanes of at least 4 members (excludes halogenated alkanes) is 3. The van der Waals surface area contributed by atoms with Crippen molar-refractivity contribution < 1.29 is 9.53 Å². The number of benzene rings is 1. The van der Waals surface area contributed by atoms with Crippen LogP contribution >= 0.6 is 0 Å². The third kappa shape index (κ3) is 4.34. The molecule has 110 valence electrons. The minimum atomic E-state index is -0.0561. The maximum atomic E-state index is 11.9. The minimum absolute atomic E-state index is 0.0310. The molecule has 3 heteroatoms. The molecule has 1 unspecified atom stereocenters. The lowest BCUT2D eigenvalue weighted by atomic mass is 9.89. The minimum Gasteiger partial charge on any atom is -0.457 e. The lowest BCUT2D eigenvalue weighted by Crippen LogP contribution is -2.16. The van der Waals surface area contributed by atoms with E-state index in [1.807, 2.05) is 6.07 Å². The number of hydrogen-bond acceptors (Lipinski definition) is 3. The molecule has 3 nitrogen and oxygen atoms in total. The molecule has 0 saturated heterocycles. The highest BCUT2D eigenvalue weighted by Crippen LogP contribution is 2.32. The zero-order valence-corrected chi connectivity index (χ0v) is 12.1. The lowest BCUT2D eigenvalue weighted by molar-refractivity contribution is -0.150. The Labute approximate surface area is 121 Å². The highest BCUT2D eigenvalue weighted by Gasteiger charge is 2.22. The van der Waals surface area contributed by atoms with Gasteiger partial charge in [0.15, 0.2) is 0 Å². The number of rotatable bonds is 7. The number of ether oxygens (including phenoxy) is 1. The quantitative estimate of drug-likeness (QED) is 0.612. The molecule has 1 aromatic carbocycles. The van der Waals surface area contributed by atoms with E-state index in [9.17, 15) is 4.79 Å². The highest BCUT2D eigenvalue weighted by molar-refractivity contribution is 5.69. The van der Waals surface area contributed by atoms with Crippen LogP contribution in [0.2, 0.25) is 0 Å². The zero-order valence-electron chi connectivity index (χ0n) is 12.1. The van der Waals surface area contributed by atoms with Crippen molar-refractivity contribution in [2.75, 3.05) is 6.54 Å². The van der Waals surface area contributed by atoms with Crippen molar-refractivity contribution in [3.8, 4) is 0 Å². The smallest absolute Gasteiger partial charge is 0.306 e. The maximum absolute atomic E-state index is 11.9. The van der Waals surface area contributed by atoms with Gasteiger partial charge < -0.3 is 10.5 Å². The van der Waals surface area contributed by atoms with E-state index in [2.05, 4.69) is 18.2 Å². The molecule has 0 bridgehead atoms. The summed E-state index contributed by atoms with van der Waals surface area (Å²) in [5.74, 6) is -0.0561. The summed E-state index contributed by atoms with van der Waals surface area (Å²) in [6, 6.07) is 8.31. The molecule has 2 rings (SSSR count). The van der Waals surface area contributed by atoms with Gasteiger partial charge >= 0.3 is 5.97 Å². The van der Waals surface area contributed by atoms with E-state index < -0.39 is 0 Å². The van der Waals surface area contributed by atoms with Gasteiger partial charge in [-0.3, -0.25) is 4.79 Å². The second-order valence-corrected chi connectivity index (χ2v) is 5.52. The van der Waals surface area contributed by atoms with Crippen LogP contribution in [0.25, 0.3) is 0 Å². The molecule has 0 aliphatic heterocycles. The predicted molar refractivity (Wildman–Crippen MR) is 80.4 cm³/mol. The molecule has 1 aliphatic carbocycles. The van der Waals surface area contributed by atoms with Crippen molar-refractivity contribution in [3.63, 3.8) is 0 Å². The number of aryl methyl sites for hydroxylation is 1. The fraction of sp³-hybridized carbons (Fsp3) is 0.588. The average molecular weight is 275 g/mol. The van der Waals surface area contributed by atoms with Crippen LogP contribution in [0.5, 0.6) is 0 Å². The molecule has 1 aromatic rings. The lowest BCUT2D eigenvalue weighted by Gasteiger charge is -2.25. The van der Waals surface area contributed by atoms with Gasteiger partial charge in [0.05, 0.1) is 0 Å². The number of hydrogen-bond donors (Lipinski definition) is 1. The van der Waals surface area contributed by atoms with Crippen LogP contribution in [0.3, 0.4) is 0 Å². The van der Waals surface area contributed by atoms with E-state index in [0.717, 1.165) is 51.5 Å². The van der Waals surface area contributed by atoms with E-state index in [0.29, 0.717) is 6.42 Å². The number of fused-ring (bicyclic) bond motifs is 1. The van der Waals surface area contributed by atoms with Gasteiger partial charge in [0, 0.05) is 6.42 Å². The van der Waals surface area contributed by atoms with Crippen molar-refractivity contribution >= 4 is 5.97 Å². The van der Waals surface area contributed by atoms with Crippen molar-refractivity contribution in [3.05, 3.63) is 35.4 Å². The fourth-order valence-corrected chi connectivity index (χ4v) is 2.82. The molecule has 0 aromatic heterocycles. The Morgan fingerprint density at radius 2 is 2.00 bits per heavy atom. The second kappa shape index (κ2) is 8.05. The van der Waals surface area contributed by atoms with Crippen LogP contribution < -0.4 is 5.73 Å². The number of carbonyl (C=O) groups excluding carboxylic acids is 1. The highest BCUT2D eigenvalue weighted by atomic mass is 16.5. The summed E-state index contributed by atoms with van der Waals surface area (Å²) in [6.07, 6.45) is 7.78. The van der Waals surface area contributed by atoms with Crippen LogP contribution in [0, 0.1) is 0 Å². The Balaban J connectivity index is 1.78. The monoisotopic (exact) mass is 275 g/mol. The first-order valence-electron chi connectivity index (χ1n) is 7.78. The summed E-state index contributed by atoms with van der Waals surface area (Å²) < 4.78 is 5.66. The van der Waals surface area contributed by atoms with Crippen molar-refractivity contribution in [2.45, 2.75) is 57.5 Å². The predicted octanol–water partition coefficient (Wildman–Crippen LogP) is 3.52. The van der Waals surface area contributed by atoms with Gasteiger partial charge in [-0.15, -0.1) is 0 Å². The summed E-state index contributed by atoms with van der Waals surface area (Å²) in [5.41, 5.74) is 7.98. The second-order valence-electron chi connectivity index (χ2n) is 5.52. The molecule has 0 amide bonds. The maximum Gasteiger partial charge on any atom is 0.306 e. The van der Waals surface area contributed by atoms with Crippen LogP contribution in [0.15, 0.2) is 24.3 Å². The largest absolute Gasteiger partial charge is 0.457 e. The first-order chi connectivity index (χ1) is 9.81. The Morgan fingerprint density at radius 3 is 2.85 bits per heavy atom. The Bertz CT molecular complexity index is 431. The fourth-order valence-electron chi connectivity index (χ4n) is 2.82. The summed E-state index contributed by atoms with van der Waals surface area (Å²) in [6.45, 7) is 0.739. The Kier molecular flexibility index (Phi) is 6.06. The Morgan fingerprint density at radius 1 is 1.20 bits per heavy atom. The molecular formula is C17H25NO2. The Hall–Kier alpha value is -1.35. The van der Waals surface area contributed by atoms with Crippen LogP contribution in [0.1, 0.15) is 62.2 Å². The van der Waals surface area contributed by atoms with Gasteiger partial charge in [0.25, 0.3) is 0 Å². The van der Waals surface area contributed by atoms with Crippen LogP contribution in [0.4, 0.5) is 0 Å². The molecule has 20 heavy (non-hydrogen) atoms. The molecule has 0 radical (unpaired) electrons. The first kappa shape index (κ1) is 15.0. The van der Waals surface area contributed by atoms with Crippen molar-refractivity contribution in [1.82, 2.24) is 0 Å². The number of nitrogens with two attached hydrogens (primary N) is 1. The van der Waals surface area contributed by atoms with Crippen LogP contribution in [-0.4, -0.2) is 12.5 Å². The van der Waals surface area contributed by atoms with Gasteiger partial charge in [0.1, 0.15) is 6.10 Å². The summed E-state index contributed by atoms with van der Waals surface area (Å²) in [7, 11) is 0. The topological polar surface area (TPSA) is 52.3 Å².